The van der Waals surface area contributed by atoms with Gasteiger partial charge in [0.05, 0.1) is 11.0 Å². The number of aromatic nitrogens is 2. The number of benzene rings is 1. The zero-order valence-corrected chi connectivity index (χ0v) is 12.4. The van der Waals surface area contributed by atoms with Gasteiger partial charge in [-0.2, -0.15) is 0 Å². The van der Waals surface area contributed by atoms with Crippen molar-refractivity contribution >= 4 is 27.0 Å². The van der Waals surface area contributed by atoms with Gasteiger partial charge in [0, 0.05) is 23.5 Å². The highest BCUT2D eigenvalue weighted by atomic mass is 79.9. The molecule has 4 heteroatoms. The summed E-state index contributed by atoms with van der Waals surface area (Å²) in [5, 5.41) is 3.47. The molecule has 1 aromatic carbocycles. The van der Waals surface area contributed by atoms with Crippen LogP contribution in [0.4, 0.5) is 0 Å². The number of hydrogen-bond donors (Lipinski definition) is 1. The van der Waals surface area contributed by atoms with Gasteiger partial charge in [-0.25, -0.2) is 4.98 Å². The van der Waals surface area contributed by atoms with Crippen molar-refractivity contribution in [3.8, 4) is 0 Å². The average molecular weight is 308 g/mol. The van der Waals surface area contributed by atoms with Gasteiger partial charge in [0.1, 0.15) is 5.82 Å². The Morgan fingerprint density at radius 2 is 2.28 bits per heavy atom. The summed E-state index contributed by atoms with van der Waals surface area (Å²) >= 11 is 3.52. The molecule has 0 saturated carbocycles. The fourth-order valence-electron chi connectivity index (χ4n) is 2.89. The number of nitrogens with zero attached hydrogens (tertiary/aromatic N) is 2. The number of fused-ring (bicyclic) bond motifs is 1. The minimum atomic E-state index is 0.538. The van der Waals surface area contributed by atoms with Crippen LogP contribution in [0, 0.1) is 5.92 Å². The van der Waals surface area contributed by atoms with Crippen LogP contribution >= 0.6 is 15.9 Å². The smallest absolute Gasteiger partial charge is 0.114 e. The molecule has 0 spiro atoms. The van der Waals surface area contributed by atoms with Crippen LogP contribution in [0.5, 0.6) is 0 Å². The molecule has 2 unspecified atom stereocenters. The summed E-state index contributed by atoms with van der Waals surface area (Å²) in [5.74, 6) is 2.44. The Hall–Kier alpha value is -0.870. The van der Waals surface area contributed by atoms with Crippen LogP contribution in [0.1, 0.15) is 25.6 Å². The van der Waals surface area contributed by atoms with Gasteiger partial charge in [0.15, 0.2) is 0 Å². The van der Waals surface area contributed by atoms with Gasteiger partial charge in [-0.3, -0.25) is 0 Å². The first-order valence-corrected chi connectivity index (χ1v) is 7.36. The van der Waals surface area contributed by atoms with Crippen molar-refractivity contribution in [1.82, 2.24) is 14.9 Å². The Morgan fingerprint density at radius 3 is 2.94 bits per heavy atom. The average Bonchev–Trinajstić information content (AvgIpc) is 2.91. The van der Waals surface area contributed by atoms with Crippen molar-refractivity contribution < 1.29 is 0 Å². The van der Waals surface area contributed by atoms with Crippen LogP contribution in [0.3, 0.4) is 0 Å². The molecule has 2 atom stereocenters. The minimum Gasteiger partial charge on any atom is -0.328 e. The third kappa shape index (κ3) is 1.88. The lowest BCUT2D eigenvalue weighted by Gasteiger charge is -2.15. The summed E-state index contributed by atoms with van der Waals surface area (Å²) in [6.45, 7) is 7.63. The van der Waals surface area contributed by atoms with E-state index in [4.69, 9.17) is 4.98 Å². The zero-order valence-electron chi connectivity index (χ0n) is 10.8. The molecule has 1 aliphatic rings. The Labute approximate surface area is 116 Å². The lowest BCUT2D eigenvalue weighted by Crippen LogP contribution is -2.14. The summed E-state index contributed by atoms with van der Waals surface area (Å²) < 4.78 is 3.45. The second-order valence-corrected chi connectivity index (χ2v) is 6.00. The maximum absolute atomic E-state index is 4.87. The maximum atomic E-state index is 4.87. The summed E-state index contributed by atoms with van der Waals surface area (Å²) in [6, 6.07) is 6.36. The first kappa shape index (κ1) is 12.2. The van der Waals surface area contributed by atoms with Gasteiger partial charge in [0.25, 0.3) is 0 Å². The molecule has 1 aliphatic heterocycles. The molecule has 3 rings (SSSR count). The van der Waals surface area contributed by atoms with Gasteiger partial charge in [-0.05, 0) is 37.6 Å². The molecule has 2 aromatic rings. The SMILES string of the molecule is CCn1c(C2CNCC2C)nc2cc(Br)ccc21. The maximum Gasteiger partial charge on any atom is 0.114 e. The van der Waals surface area contributed by atoms with E-state index in [1.165, 1.54) is 11.3 Å². The first-order chi connectivity index (χ1) is 8.70. The standard InChI is InChI=1S/C14H18BrN3/c1-3-18-13-5-4-10(15)6-12(13)17-14(18)11-8-16-7-9(11)2/h4-6,9,11,16H,3,7-8H2,1-2H3. The summed E-state index contributed by atoms with van der Waals surface area (Å²) in [5.41, 5.74) is 2.34. The van der Waals surface area contributed by atoms with Gasteiger partial charge >= 0.3 is 0 Å². The molecule has 0 radical (unpaired) electrons. The first-order valence-electron chi connectivity index (χ1n) is 6.57. The monoisotopic (exact) mass is 307 g/mol. The van der Waals surface area contributed by atoms with Gasteiger partial charge < -0.3 is 9.88 Å². The van der Waals surface area contributed by atoms with Crippen molar-refractivity contribution in [3.05, 3.63) is 28.5 Å². The summed E-state index contributed by atoms with van der Waals surface area (Å²) in [6.07, 6.45) is 0. The van der Waals surface area contributed by atoms with Gasteiger partial charge in [-0.15, -0.1) is 0 Å². The lowest BCUT2D eigenvalue weighted by molar-refractivity contribution is 0.522. The van der Waals surface area contributed by atoms with Gasteiger partial charge in [-0.1, -0.05) is 22.9 Å². The van der Waals surface area contributed by atoms with Crippen LogP contribution in [-0.2, 0) is 6.54 Å². The van der Waals surface area contributed by atoms with Crippen molar-refractivity contribution in [2.45, 2.75) is 26.3 Å². The molecule has 0 bridgehead atoms. The molecule has 1 N–H and O–H groups in total. The second-order valence-electron chi connectivity index (χ2n) is 5.09. The molecule has 1 fully saturated rings. The second kappa shape index (κ2) is 4.67. The van der Waals surface area contributed by atoms with E-state index in [9.17, 15) is 0 Å². The van der Waals surface area contributed by atoms with Gasteiger partial charge in [0.2, 0.25) is 0 Å². The zero-order chi connectivity index (χ0) is 12.7. The van der Waals surface area contributed by atoms with Crippen LogP contribution in [-0.4, -0.2) is 22.6 Å². The highest BCUT2D eigenvalue weighted by Gasteiger charge is 2.29. The topological polar surface area (TPSA) is 29.9 Å². The Bertz CT molecular complexity index is 576. The van der Waals surface area contributed by atoms with E-state index in [0.717, 1.165) is 29.6 Å². The molecule has 18 heavy (non-hydrogen) atoms. The van der Waals surface area contributed by atoms with Crippen LogP contribution in [0.2, 0.25) is 0 Å². The van der Waals surface area contributed by atoms with Crippen molar-refractivity contribution in [2.24, 2.45) is 5.92 Å². The predicted octanol–water partition coefficient (Wildman–Crippen LogP) is 3.14. The normalized spacial score (nSPS) is 23.9. The molecule has 3 nitrogen and oxygen atoms in total. The molecule has 0 amide bonds. The van der Waals surface area contributed by atoms with E-state index < -0.39 is 0 Å². The molecule has 96 valence electrons. The highest BCUT2D eigenvalue weighted by Crippen LogP contribution is 2.30. The molecule has 2 heterocycles. The number of hydrogen-bond acceptors (Lipinski definition) is 2. The van der Waals surface area contributed by atoms with Crippen LogP contribution in [0.15, 0.2) is 22.7 Å². The van der Waals surface area contributed by atoms with Crippen LogP contribution < -0.4 is 5.32 Å². The van der Waals surface area contributed by atoms with E-state index in [-0.39, 0.29) is 0 Å². The highest BCUT2D eigenvalue weighted by molar-refractivity contribution is 9.10. The van der Waals surface area contributed by atoms with Crippen LogP contribution in [0.25, 0.3) is 11.0 Å². The molecule has 0 aliphatic carbocycles. The van der Waals surface area contributed by atoms with E-state index >= 15 is 0 Å². The fraction of sp³-hybridized carbons (Fsp3) is 0.500. The van der Waals surface area contributed by atoms with Crippen molar-refractivity contribution in [1.29, 1.82) is 0 Å². The van der Waals surface area contributed by atoms with E-state index in [0.29, 0.717) is 11.8 Å². The van der Waals surface area contributed by atoms with Crippen molar-refractivity contribution in [3.63, 3.8) is 0 Å². The third-order valence-corrected chi connectivity index (χ3v) is 4.40. The minimum absolute atomic E-state index is 0.538. The molecule has 1 aromatic heterocycles. The number of halogens is 1. The molecular weight excluding hydrogens is 290 g/mol. The lowest BCUT2D eigenvalue weighted by atomic mass is 9.97. The predicted molar refractivity (Wildman–Crippen MR) is 77.9 cm³/mol. The molecule has 1 saturated heterocycles. The number of aryl methyl sites for hydroxylation is 1. The van der Waals surface area contributed by atoms with E-state index in [1.807, 2.05) is 0 Å². The number of rotatable bonds is 2. The van der Waals surface area contributed by atoms with E-state index in [1.54, 1.807) is 0 Å². The van der Waals surface area contributed by atoms with E-state index in [2.05, 4.69) is 57.9 Å². The summed E-state index contributed by atoms with van der Waals surface area (Å²) in [7, 11) is 0. The Balaban J connectivity index is 2.16. The summed E-state index contributed by atoms with van der Waals surface area (Å²) in [4.78, 5) is 4.87. The largest absolute Gasteiger partial charge is 0.328 e. The van der Waals surface area contributed by atoms with Crippen molar-refractivity contribution in [2.75, 3.05) is 13.1 Å². The molecular formula is C14H18BrN3. The quantitative estimate of drug-likeness (QED) is 0.923. The Morgan fingerprint density at radius 1 is 1.44 bits per heavy atom. The Kier molecular flexibility index (Phi) is 3.16. The number of imidazole rings is 1. The fourth-order valence-corrected chi connectivity index (χ4v) is 3.24. The number of nitrogens with one attached hydrogen (secondary N) is 1. The third-order valence-electron chi connectivity index (χ3n) is 3.91.